The van der Waals surface area contributed by atoms with Gasteiger partial charge >= 0.3 is 0 Å². The first-order valence-electron chi connectivity index (χ1n) is 6.77. The standard InChI is InChI=1S/C16H16FNOS/c1-11-6-7-12(13(17)10-11)16(19)18-8-2-4-14(18)15-5-3-9-20-15/h3,5-7,9-10,14H,2,4,8H2,1H3. The van der Waals surface area contributed by atoms with Crippen LogP contribution in [0.4, 0.5) is 4.39 Å². The highest BCUT2D eigenvalue weighted by Crippen LogP contribution is 2.35. The van der Waals surface area contributed by atoms with Crippen molar-refractivity contribution in [1.82, 2.24) is 4.90 Å². The van der Waals surface area contributed by atoms with Gasteiger partial charge in [-0.25, -0.2) is 4.39 Å². The molecule has 1 aliphatic rings. The fourth-order valence-corrected chi connectivity index (χ4v) is 3.61. The predicted octanol–water partition coefficient (Wildman–Crippen LogP) is 4.17. The van der Waals surface area contributed by atoms with Crippen molar-refractivity contribution in [2.45, 2.75) is 25.8 Å². The summed E-state index contributed by atoms with van der Waals surface area (Å²) in [6.07, 6.45) is 1.93. The number of thiophene rings is 1. The molecule has 1 atom stereocenters. The van der Waals surface area contributed by atoms with Crippen LogP contribution in [0.25, 0.3) is 0 Å². The number of hydrogen-bond acceptors (Lipinski definition) is 2. The molecule has 0 bridgehead atoms. The lowest BCUT2D eigenvalue weighted by atomic mass is 10.1. The third-order valence-electron chi connectivity index (χ3n) is 3.74. The van der Waals surface area contributed by atoms with Gasteiger partial charge in [0.25, 0.3) is 5.91 Å². The molecular formula is C16H16FNOS. The number of likely N-dealkylation sites (tertiary alicyclic amines) is 1. The molecule has 0 aliphatic carbocycles. The van der Waals surface area contributed by atoms with Crippen molar-refractivity contribution in [3.05, 3.63) is 57.5 Å². The summed E-state index contributed by atoms with van der Waals surface area (Å²) in [7, 11) is 0. The van der Waals surface area contributed by atoms with Gasteiger partial charge < -0.3 is 4.90 Å². The smallest absolute Gasteiger partial charge is 0.257 e. The Labute approximate surface area is 121 Å². The molecule has 4 heteroatoms. The highest BCUT2D eigenvalue weighted by molar-refractivity contribution is 7.10. The van der Waals surface area contributed by atoms with Crippen LogP contribution in [0, 0.1) is 12.7 Å². The summed E-state index contributed by atoms with van der Waals surface area (Å²) in [5.41, 5.74) is 1.01. The topological polar surface area (TPSA) is 20.3 Å². The van der Waals surface area contributed by atoms with Crippen molar-refractivity contribution >= 4 is 17.2 Å². The van der Waals surface area contributed by atoms with Crippen molar-refractivity contribution < 1.29 is 9.18 Å². The van der Waals surface area contributed by atoms with Crippen LogP contribution in [0.2, 0.25) is 0 Å². The van der Waals surface area contributed by atoms with Gasteiger partial charge in [0.15, 0.2) is 0 Å². The third kappa shape index (κ3) is 2.36. The Hall–Kier alpha value is -1.68. The molecule has 0 radical (unpaired) electrons. The molecule has 1 aromatic heterocycles. The van der Waals surface area contributed by atoms with Crippen LogP contribution >= 0.6 is 11.3 Å². The Balaban J connectivity index is 1.89. The van der Waals surface area contributed by atoms with Crippen LogP contribution in [-0.2, 0) is 0 Å². The average molecular weight is 289 g/mol. The number of rotatable bonds is 2. The molecular weight excluding hydrogens is 273 g/mol. The second-order valence-electron chi connectivity index (χ2n) is 5.16. The number of nitrogens with zero attached hydrogens (tertiary/aromatic N) is 1. The van der Waals surface area contributed by atoms with E-state index in [1.165, 1.54) is 10.9 Å². The van der Waals surface area contributed by atoms with Gasteiger partial charge in [0.1, 0.15) is 5.82 Å². The number of hydrogen-bond donors (Lipinski definition) is 0. The monoisotopic (exact) mass is 289 g/mol. The van der Waals surface area contributed by atoms with Crippen LogP contribution in [0.5, 0.6) is 0 Å². The lowest BCUT2D eigenvalue weighted by molar-refractivity contribution is 0.0733. The summed E-state index contributed by atoms with van der Waals surface area (Å²) >= 11 is 1.66. The van der Waals surface area contributed by atoms with Gasteiger partial charge in [-0.15, -0.1) is 11.3 Å². The minimum atomic E-state index is -0.424. The second-order valence-corrected chi connectivity index (χ2v) is 6.13. The molecule has 2 nitrogen and oxygen atoms in total. The predicted molar refractivity (Wildman–Crippen MR) is 78.5 cm³/mol. The zero-order valence-electron chi connectivity index (χ0n) is 11.3. The van der Waals surface area contributed by atoms with E-state index in [1.54, 1.807) is 28.4 Å². The number of amides is 1. The maximum Gasteiger partial charge on any atom is 0.257 e. The van der Waals surface area contributed by atoms with E-state index in [1.807, 2.05) is 24.4 Å². The van der Waals surface area contributed by atoms with Crippen molar-refractivity contribution in [2.75, 3.05) is 6.54 Å². The minimum Gasteiger partial charge on any atom is -0.331 e. The van der Waals surface area contributed by atoms with E-state index in [-0.39, 0.29) is 17.5 Å². The Bertz CT molecular complexity index is 623. The van der Waals surface area contributed by atoms with Gasteiger partial charge in [-0.05, 0) is 48.9 Å². The van der Waals surface area contributed by atoms with E-state index in [9.17, 15) is 9.18 Å². The number of halogens is 1. The fraction of sp³-hybridized carbons (Fsp3) is 0.312. The quantitative estimate of drug-likeness (QED) is 0.812. The summed E-state index contributed by atoms with van der Waals surface area (Å²) in [6.45, 7) is 2.52. The van der Waals surface area contributed by atoms with Gasteiger partial charge in [0.2, 0.25) is 0 Å². The summed E-state index contributed by atoms with van der Waals surface area (Å²) in [5.74, 6) is -0.620. The first-order valence-corrected chi connectivity index (χ1v) is 7.65. The van der Waals surface area contributed by atoms with Gasteiger partial charge in [-0.3, -0.25) is 4.79 Å². The van der Waals surface area contributed by atoms with Crippen LogP contribution in [0.15, 0.2) is 35.7 Å². The molecule has 0 saturated carbocycles. The second kappa shape index (κ2) is 5.37. The molecule has 1 unspecified atom stereocenters. The van der Waals surface area contributed by atoms with Crippen molar-refractivity contribution in [3.8, 4) is 0 Å². The summed E-state index contributed by atoms with van der Waals surface area (Å²) < 4.78 is 14.0. The maximum absolute atomic E-state index is 14.0. The first-order chi connectivity index (χ1) is 9.66. The Morgan fingerprint density at radius 1 is 1.40 bits per heavy atom. The van der Waals surface area contributed by atoms with Crippen molar-refractivity contribution in [2.24, 2.45) is 0 Å². The molecule has 0 N–H and O–H groups in total. The van der Waals surface area contributed by atoms with E-state index in [4.69, 9.17) is 0 Å². The molecule has 1 aliphatic heterocycles. The molecule has 104 valence electrons. The normalized spacial score (nSPS) is 18.5. The highest BCUT2D eigenvalue weighted by Gasteiger charge is 2.32. The van der Waals surface area contributed by atoms with E-state index in [0.717, 1.165) is 18.4 Å². The molecule has 2 heterocycles. The fourth-order valence-electron chi connectivity index (χ4n) is 2.73. The molecule has 2 aromatic rings. The highest BCUT2D eigenvalue weighted by atomic mass is 32.1. The Kier molecular flexibility index (Phi) is 3.57. The van der Waals surface area contributed by atoms with E-state index in [2.05, 4.69) is 0 Å². The molecule has 1 amide bonds. The van der Waals surface area contributed by atoms with E-state index >= 15 is 0 Å². The SMILES string of the molecule is Cc1ccc(C(=O)N2CCCC2c2cccs2)c(F)c1. The molecule has 1 saturated heterocycles. The van der Waals surface area contributed by atoms with Gasteiger partial charge in [0, 0.05) is 11.4 Å². The summed E-state index contributed by atoms with van der Waals surface area (Å²) in [5, 5.41) is 2.02. The zero-order chi connectivity index (χ0) is 14.1. The molecule has 1 aromatic carbocycles. The Morgan fingerprint density at radius 2 is 2.25 bits per heavy atom. The molecule has 20 heavy (non-hydrogen) atoms. The summed E-state index contributed by atoms with van der Waals surface area (Å²) in [4.78, 5) is 15.6. The lowest BCUT2D eigenvalue weighted by Crippen LogP contribution is -2.30. The van der Waals surface area contributed by atoms with Crippen LogP contribution in [-0.4, -0.2) is 17.4 Å². The molecule has 3 rings (SSSR count). The zero-order valence-corrected chi connectivity index (χ0v) is 12.1. The molecule has 0 spiro atoms. The average Bonchev–Trinajstić information content (AvgIpc) is 3.09. The number of carbonyl (C=O) groups excluding carboxylic acids is 1. The van der Waals surface area contributed by atoms with E-state index in [0.29, 0.717) is 6.54 Å². The van der Waals surface area contributed by atoms with Gasteiger partial charge in [-0.1, -0.05) is 12.1 Å². The maximum atomic E-state index is 14.0. The number of aryl methyl sites for hydroxylation is 1. The van der Waals surface area contributed by atoms with Gasteiger partial charge in [0.05, 0.1) is 11.6 Å². The number of benzene rings is 1. The van der Waals surface area contributed by atoms with E-state index < -0.39 is 5.82 Å². The Morgan fingerprint density at radius 3 is 2.95 bits per heavy atom. The lowest BCUT2D eigenvalue weighted by Gasteiger charge is -2.24. The van der Waals surface area contributed by atoms with Crippen LogP contribution in [0.1, 0.15) is 39.7 Å². The molecule has 1 fully saturated rings. The van der Waals surface area contributed by atoms with Crippen molar-refractivity contribution in [3.63, 3.8) is 0 Å². The van der Waals surface area contributed by atoms with Gasteiger partial charge in [-0.2, -0.15) is 0 Å². The van der Waals surface area contributed by atoms with Crippen LogP contribution in [0.3, 0.4) is 0 Å². The minimum absolute atomic E-state index is 0.100. The largest absolute Gasteiger partial charge is 0.331 e. The third-order valence-corrected chi connectivity index (χ3v) is 4.71. The summed E-state index contributed by atoms with van der Waals surface area (Å²) in [6, 6.07) is 8.94. The van der Waals surface area contributed by atoms with Crippen LogP contribution < -0.4 is 0 Å². The number of carbonyl (C=O) groups is 1. The first kappa shape index (κ1) is 13.3. The van der Waals surface area contributed by atoms with Crippen molar-refractivity contribution in [1.29, 1.82) is 0 Å².